The van der Waals surface area contributed by atoms with Gasteiger partial charge in [-0.1, -0.05) is 0 Å². The first-order valence-electron chi connectivity index (χ1n) is 10.2. The van der Waals surface area contributed by atoms with Crippen LogP contribution < -0.4 is 0 Å². The second-order valence-electron chi connectivity index (χ2n) is 8.63. The van der Waals surface area contributed by atoms with Crippen LogP contribution in [0.5, 0.6) is 0 Å². The van der Waals surface area contributed by atoms with E-state index < -0.39 is 93.8 Å². The fraction of sp³-hybridized carbons (Fsp3) is 0.875. The van der Waals surface area contributed by atoms with E-state index in [1.54, 1.807) is 9.78 Å². The van der Waals surface area contributed by atoms with Crippen molar-refractivity contribution < 1.29 is 142 Å². The molecule has 0 amide bonds. The Kier molecular flexibility index (Phi) is 11.5. The minimum absolute atomic E-state index is 1.71. The van der Waals surface area contributed by atoms with Crippen molar-refractivity contribution in [2.45, 2.75) is 81.8 Å². The van der Waals surface area contributed by atoms with Gasteiger partial charge in [0.2, 0.25) is 0 Å². The summed E-state index contributed by atoms with van der Waals surface area (Å²) in [5.41, 5.74) is 0. The van der Waals surface area contributed by atoms with E-state index in [0.717, 1.165) is 0 Å². The lowest BCUT2D eigenvalue weighted by molar-refractivity contribution is -0.436. The van der Waals surface area contributed by atoms with E-state index in [4.69, 9.17) is 0 Å². The summed E-state index contributed by atoms with van der Waals surface area (Å²) in [7, 11) is 0. The van der Waals surface area contributed by atoms with E-state index in [1.807, 2.05) is 0 Å². The minimum atomic E-state index is -9.04. The molecule has 0 spiro atoms. The number of hydrogen-bond donors (Lipinski definition) is 0. The van der Waals surface area contributed by atoms with E-state index in [1.165, 1.54) is 0 Å². The van der Waals surface area contributed by atoms with Gasteiger partial charge in [0.05, 0.1) is 0 Å². The topological polar surface area (TPSA) is 52.6 Å². The van der Waals surface area contributed by atoms with Crippen molar-refractivity contribution in [2.75, 3.05) is 0 Å². The monoisotopic (exact) mass is 858 g/mol. The first-order valence-corrected chi connectivity index (χ1v) is 10.9. The molecule has 298 valence electrons. The Balaban J connectivity index is 6.71. The second-order valence-corrected chi connectivity index (χ2v) is 9.58. The van der Waals surface area contributed by atoms with Crippen molar-refractivity contribution in [2.24, 2.45) is 0 Å². The molecule has 0 unspecified atom stereocenters. The molecular weight excluding hydrogens is 859 g/mol. The van der Waals surface area contributed by atoms with Crippen LogP contribution in [0.1, 0.15) is 0 Å². The zero-order valence-electron chi connectivity index (χ0n) is 21.0. The third-order valence-corrected chi connectivity index (χ3v) is 5.84. The number of carbonyl (C=O) groups excluding carboxylic acids is 2. The predicted molar refractivity (Wildman–Crippen MR) is 93.1 cm³/mol. The highest BCUT2D eigenvalue weighted by molar-refractivity contribution is 6.22. The Morgan fingerprint density at radius 1 is 0.280 bits per heavy atom. The van der Waals surface area contributed by atoms with Crippen LogP contribution in [0, 0.1) is 0 Å². The molecular formula is C16Cl2F28O4. The van der Waals surface area contributed by atoms with E-state index in [-0.39, 0.29) is 0 Å². The van der Waals surface area contributed by atoms with Gasteiger partial charge in [-0.05, 0) is 23.2 Å². The third kappa shape index (κ3) is 6.02. The Hall–Kier alpha value is -2.44. The van der Waals surface area contributed by atoms with E-state index in [0.29, 0.717) is 0 Å². The van der Waals surface area contributed by atoms with Crippen LogP contribution in [-0.2, 0) is 19.4 Å². The van der Waals surface area contributed by atoms with Gasteiger partial charge in [-0.3, -0.25) is 0 Å². The van der Waals surface area contributed by atoms with Crippen molar-refractivity contribution in [1.29, 1.82) is 0 Å². The molecule has 0 bridgehead atoms. The quantitative estimate of drug-likeness (QED) is 0.0757. The molecule has 0 aromatic rings. The highest BCUT2D eigenvalue weighted by Gasteiger charge is 2.95. The highest BCUT2D eigenvalue weighted by atomic mass is 35.5. The molecule has 0 saturated carbocycles. The Morgan fingerprint density at radius 2 is 0.420 bits per heavy atom. The summed E-state index contributed by atoms with van der Waals surface area (Å²) >= 11 is 6.53. The third-order valence-electron chi connectivity index (χ3n) is 5.36. The smallest absolute Gasteiger partial charge is 0.240 e. The molecule has 0 atom stereocenters. The lowest BCUT2D eigenvalue weighted by Crippen LogP contribution is -2.73. The standard InChI is InChI=1S/C16Cl2F28O4/c17-15(43,44)13(39,40)11(35,36)9(31,32)7(27,28)5(23,24)3(19,20)1(47)49-50-2(48)4(21,22)6(25,26)8(29,30)10(33,34)12(37,38)14(41,42)16(18,45)46. The van der Waals surface area contributed by atoms with Gasteiger partial charge in [-0.25, -0.2) is 19.4 Å². The van der Waals surface area contributed by atoms with Crippen LogP contribution in [-0.4, -0.2) is 93.8 Å². The number of hydrogen-bond acceptors (Lipinski definition) is 4. The first kappa shape index (κ1) is 47.6. The summed E-state index contributed by atoms with van der Waals surface area (Å²) in [6.07, 6.45) is 0. The fourth-order valence-electron chi connectivity index (χ4n) is 2.37. The van der Waals surface area contributed by atoms with Crippen LogP contribution in [0.4, 0.5) is 123 Å². The van der Waals surface area contributed by atoms with E-state index in [9.17, 15) is 133 Å². The van der Waals surface area contributed by atoms with Gasteiger partial charge in [-0.2, -0.15) is 123 Å². The Morgan fingerprint density at radius 3 is 0.580 bits per heavy atom. The second kappa shape index (κ2) is 12.0. The molecule has 34 heteroatoms. The minimum Gasteiger partial charge on any atom is -0.240 e. The zero-order valence-corrected chi connectivity index (χ0v) is 22.5. The molecule has 0 aliphatic heterocycles. The number of carbonyl (C=O) groups is 2. The maximum atomic E-state index is 13.6. The van der Waals surface area contributed by atoms with Gasteiger partial charge in [0.25, 0.3) is 0 Å². The maximum absolute atomic E-state index is 13.6. The summed E-state index contributed by atoms with van der Waals surface area (Å²) in [6.45, 7) is 0. The SMILES string of the molecule is O=C(OOC(=O)C(F)(F)C(F)(F)C(F)(F)C(F)(F)C(F)(F)C(F)(F)C(F)(F)Cl)C(F)(F)C(F)(F)C(F)(F)C(F)(F)C(F)(F)C(F)(F)C(F)(F)Cl. The molecule has 0 aromatic heterocycles. The summed E-state index contributed by atoms with van der Waals surface area (Å²) in [5, 5.41) is -14.3. The fourth-order valence-corrected chi connectivity index (χ4v) is 2.61. The van der Waals surface area contributed by atoms with Crippen LogP contribution in [0.25, 0.3) is 0 Å². The van der Waals surface area contributed by atoms with Crippen molar-refractivity contribution in [1.82, 2.24) is 0 Å². The van der Waals surface area contributed by atoms with Gasteiger partial charge in [-0.15, -0.1) is 0 Å². The molecule has 4 nitrogen and oxygen atoms in total. The molecule has 0 fully saturated rings. The number of alkyl halides is 30. The zero-order chi connectivity index (χ0) is 41.6. The first-order chi connectivity index (χ1) is 21.0. The van der Waals surface area contributed by atoms with Gasteiger partial charge < -0.3 is 0 Å². The van der Waals surface area contributed by atoms with Crippen molar-refractivity contribution in [3.8, 4) is 0 Å². The van der Waals surface area contributed by atoms with Crippen molar-refractivity contribution in [3.05, 3.63) is 0 Å². The van der Waals surface area contributed by atoms with Crippen LogP contribution >= 0.6 is 23.2 Å². The van der Waals surface area contributed by atoms with Crippen molar-refractivity contribution in [3.63, 3.8) is 0 Å². The Labute approximate surface area is 260 Å². The lowest BCUT2D eigenvalue weighted by Gasteiger charge is -2.41. The van der Waals surface area contributed by atoms with Gasteiger partial charge in [0.15, 0.2) is 0 Å². The summed E-state index contributed by atoms with van der Waals surface area (Å²) in [5.74, 6) is -115. The average Bonchev–Trinajstić information content (AvgIpc) is 2.88. The molecule has 0 N–H and O–H groups in total. The normalized spacial score (nSPS) is 16.4. The summed E-state index contributed by atoms with van der Waals surface area (Å²) in [6, 6.07) is 0. The van der Waals surface area contributed by atoms with Crippen LogP contribution in [0.2, 0.25) is 0 Å². The Bertz CT molecular complexity index is 1200. The molecule has 0 radical (unpaired) electrons. The lowest BCUT2D eigenvalue weighted by atomic mass is 9.91. The molecule has 0 aromatic carbocycles. The molecule has 0 aliphatic rings. The van der Waals surface area contributed by atoms with Gasteiger partial charge >= 0.3 is 93.8 Å². The number of halogens is 30. The molecule has 0 heterocycles. The van der Waals surface area contributed by atoms with Crippen LogP contribution in [0.15, 0.2) is 0 Å². The maximum Gasteiger partial charge on any atom is 0.431 e. The largest absolute Gasteiger partial charge is 0.431 e. The average molecular weight is 859 g/mol. The molecule has 50 heavy (non-hydrogen) atoms. The van der Waals surface area contributed by atoms with Crippen molar-refractivity contribution >= 4 is 35.1 Å². The van der Waals surface area contributed by atoms with E-state index >= 15 is 0 Å². The highest BCUT2D eigenvalue weighted by Crippen LogP contribution is 2.64. The number of rotatable bonds is 14. The molecule has 0 saturated heterocycles. The molecule has 0 rings (SSSR count). The predicted octanol–water partition coefficient (Wildman–Crippen LogP) is 9.27. The summed E-state index contributed by atoms with van der Waals surface area (Å²) < 4.78 is 371. The summed E-state index contributed by atoms with van der Waals surface area (Å²) in [4.78, 5) is 25.2. The molecule has 0 aliphatic carbocycles. The van der Waals surface area contributed by atoms with Gasteiger partial charge in [0, 0.05) is 0 Å². The van der Waals surface area contributed by atoms with Crippen LogP contribution in [0.3, 0.4) is 0 Å². The van der Waals surface area contributed by atoms with Gasteiger partial charge in [0.1, 0.15) is 0 Å². The van der Waals surface area contributed by atoms with E-state index in [2.05, 4.69) is 23.2 Å².